The normalized spacial score (nSPS) is 10.3. The maximum absolute atomic E-state index is 10.7. The van der Waals surface area contributed by atoms with E-state index in [0.29, 0.717) is 12.0 Å². The van der Waals surface area contributed by atoms with Gasteiger partial charge in [-0.1, -0.05) is 13.8 Å². The van der Waals surface area contributed by atoms with E-state index in [1.165, 1.54) is 6.20 Å². The van der Waals surface area contributed by atoms with Gasteiger partial charge >= 0.3 is 5.97 Å². The number of carbonyl (C=O) groups is 1. The average Bonchev–Trinajstić information content (AvgIpc) is 2.48. The first-order valence-corrected chi connectivity index (χ1v) is 4.48. The van der Waals surface area contributed by atoms with Gasteiger partial charge in [0.1, 0.15) is 5.56 Å². The molecule has 0 amide bonds. The van der Waals surface area contributed by atoms with E-state index in [-0.39, 0.29) is 0 Å². The van der Waals surface area contributed by atoms with Crippen molar-refractivity contribution in [2.24, 2.45) is 0 Å². The van der Waals surface area contributed by atoms with Crippen LogP contribution in [0.15, 0.2) is 6.20 Å². The fraction of sp³-hybridized carbons (Fsp3) is 0.556. The topological polar surface area (TPSA) is 55.1 Å². The molecule has 1 heterocycles. The van der Waals surface area contributed by atoms with E-state index in [0.717, 1.165) is 18.7 Å². The summed E-state index contributed by atoms with van der Waals surface area (Å²) in [7, 11) is 0. The van der Waals surface area contributed by atoms with Crippen molar-refractivity contribution in [3.8, 4) is 0 Å². The second-order valence-electron chi connectivity index (χ2n) is 2.89. The quantitative estimate of drug-likeness (QED) is 0.768. The van der Waals surface area contributed by atoms with Gasteiger partial charge in [0.2, 0.25) is 0 Å². The van der Waals surface area contributed by atoms with Gasteiger partial charge in [0, 0.05) is 6.54 Å². The Morgan fingerprint density at radius 1 is 1.62 bits per heavy atom. The summed E-state index contributed by atoms with van der Waals surface area (Å²) >= 11 is 0. The first kappa shape index (κ1) is 9.77. The lowest BCUT2D eigenvalue weighted by molar-refractivity contribution is 0.0695. The standard InChI is InChI=1S/C9H14N2O2/c1-3-5-11-8(4-2)7(6-10-11)9(12)13/h6H,3-5H2,1-2H3,(H,12,13). The Hall–Kier alpha value is -1.32. The zero-order valence-corrected chi connectivity index (χ0v) is 7.95. The molecule has 1 rings (SSSR count). The first-order chi connectivity index (χ1) is 6.20. The zero-order valence-electron chi connectivity index (χ0n) is 7.95. The molecule has 0 aliphatic rings. The Labute approximate surface area is 77.2 Å². The van der Waals surface area contributed by atoms with Gasteiger partial charge in [0.25, 0.3) is 0 Å². The Balaban J connectivity index is 3.03. The molecule has 0 saturated carbocycles. The van der Waals surface area contributed by atoms with Gasteiger partial charge in [-0.2, -0.15) is 5.10 Å². The lowest BCUT2D eigenvalue weighted by atomic mass is 10.2. The second kappa shape index (κ2) is 4.07. The van der Waals surface area contributed by atoms with Crippen LogP contribution in [0.5, 0.6) is 0 Å². The molecule has 0 saturated heterocycles. The van der Waals surface area contributed by atoms with Crippen molar-refractivity contribution in [1.29, 1.82) is 0 Å². The highest BCUT2D eigenvalue weighted by atomic mass is 16.4. The summed E-state index contributed by atoms with van der Waals surface area (Å²) in [4.78, 5) is 10.7. The predicted molar refractivity (Wildman–Crippen MR) is 48.9 cm³/mol. The number of carboxylic acid groups (broad SMARTS) is 1. The smallest absolute Gasteiger partial charge is 0.339 e. The fourth-order valence-electron chi connectivity index (χ4n) is 1.37. The molecule has 1 N–H and O–H groups in total. The molecular weight excluding hydrogens is 168 g/mol. The Morgan fingerprint density at radius 2 is 2.31 bits per heavy atom. The van der Waals surface area contributed by atoms with E-state index >= 15 is 0 Å². The van der Waals surface area contributed by atoms with Crippen LogP contribution in [-0.2, 0) is 13.0 Å². The summed E-state index contributed by atoms with van der Waals surface area (Å²) in [5.41, 5.74) is 1.14. The number of aryl methyl sites for hydroxylation is 1. The third-order valence-corrected chi connectivity index (χ3v) is 1.95. The Bertz CT molecular complexity index is 305. The van der Waals surface area contributed by atoms with Crippen molar-refractivity contribution in [2.75, 3.05) is 0 Å². The minimum Gasteiger partial charge on any atom is -0.478 e. The van der Waals surface area contributed by atoms with E-state index in [1.807, 2.05) is 13.8 Å². The molecule has 0 radical (unpaired) electrons. The van der Waals surface area contributed by atoms with Crippen molar-refractivity contribution < 1.29 is 9.90 Å². The van der Waals surface area contributed by atoms with Crippen LogP contribution >= 0.6 is 0 Å². The fourth-order valence-corrected chi connectivity index (χ4v) is 1.37. The molecule has 0 unspecified atom stereocenters. The van der Waals surface area contributed by atoms with Gasteiger partial charge in [-0.25, -0.2) is 4.79 Å². The molecule has 0 atom stereocenters. The zero-order chi connectivity index (χ0) is 9.84. The van der Waals surface area contributed by atoms with Gasteiger partial charge in [0.15, 0.2) is 0 Å². The molecule has 0 spiro atoms. The van der Waals surface area contributed by atoms with Crippen molar-refractivity contribution in [3.63, 3.8) is 0 Å². The summed E-state index contributed by atoms with van der Waals surface area (Å²) in [6.45, 7) is 4.77. The molecule has 1 aromatic heterocycles. The maximum Gasteiger partial charge on any atom is 0.339 e. The number of aromatic carboxylic acids is 1. The predicted octanol–water partition coefficient (Wildman–Crippen LogP) is 1.55. The largest absolute Gasteiger partial charge is 0.478 e. The summed E-state index contributed by atoms with van der Waals surface area (Å²) < 4.78 is 1.77. The van der Waals surface area contributed by atoms with Crippen molar-refractivity contribution >= 4 is 5.97 Å². The van der Waals surface area contributed by atoms with E-state index in [9.17, 15) is 4.79 Å². The summed E-state index contributed by atoms with van der Waals surface area (Å²) in [6, 6.07) is 0. The molecule has 13 heavy (non-hydrogen) atoms. The minimum atomic E-state index is -0.890. The van der Waals surface area contributed by atoms with Crippen LogP contribution < -0.4 is 0 Å². The third-order valence-electron chi connectivity index (χ3n) is 1.95. The lowest BCUT2D eigenvalue weighted by Gasteiger charge is -2.03. The van der Waals surface area contributed by atoms with Crippen LogP contribution in [0, 0.1) is 0 Å². The third kappa shape index (κ3) is 1.88. The molecule has 72 valence electrons. The van der Waals surface area contributed by atoms with E-state index in [4.69, 9.17) is 5.11 Å². The molecule has 0 fully saturated rings. The summed E-state index contributed by atoms with van der Waals surface area (Å²) in [5, 5.41) is 12.9. The molecule has 0 aliphatic carbocycles. The summed E-state index contributed by atoms with van der Waals surface area (Å²) in [6.07, 6.45) is 3.10. The maximum atomic E-state index is 10.7. The number of rotatable bonds is 4. The summed E-state index contributed by atoms with van der Waals surface area (Å²) in [5.74, 6) is -0.890. The molecule has 4 heteroatoms. The average molecular weight is 182 g/mol. The van der Waals surface area contributed by atoms with Crippen molar-refractivity contribution in [3.05, 3.63) is 17.5 Å². The molecule has 4 nitrogen and oxygen atoms in total. The van der Waals surface area contributed by atoms with Crippen LogP contribution in [0.4, 0.5) is 0 Å². The Morgan fingerprint density at radius 3 is 2.77 bits per heavy atom. The van der Waals surface area contributed by atoms with E-state index in [2.05, 4.69) is 5.10 Å². The molecule has 1 aromatic rings. The monoisotopic (exact) mass is 182 g/mol. The number of nitrogens with zero attached hydrogens (tertiary/aromatic N) is 2. The van der Waals surface area contributed by atoms with Crippen LogP contribution in [-0.4, -0.2) is 20.9 Å². The molecular formula is C9H14N2O2. The van der Waals surface area contributed by atoms with Crippen molar-refractivity contribution in [2.45, 2.75) is 33.2 Å². The van der Waals surface area contributed by atoms with Crippen LogP contribution in [0.2, 0.25) is 0 Å². The highest BCUT2D eigenvalue weighted by molar-refractivity contribution is 5.88. The number of hydrogen-bond acceptors (Lipinski definition) is 2. The first-order valence-electron chi connectivity index (χ1n) is 4.48. The Kier molecular flexibility index (Phi) is 3.06. The molecule has 0 bridgehead atoms. The number of carboxylic acids is 1. The van der Waals surface area contributed by atoms with Gasteiger partial charge in [-0.3, -0.25) is 4.68 Å². The minimum absolute atomic E-state index is 0.330. The van der Waals surface area contributed by atoms with Crippen LogP contribution in [0.25, 0.3) is 0 Å². The highest BCUT2D eigenvalue weighted by Crippen LogP contribution is 2.09. The van der Waals surface area contributed by atoms with E-state index < -0.39 is 5.97 Å². The van der Waals surface area contributed by atoms with Gasteiger partial charge < -0.3 is 5.11 Å². The van der Waals surface area contributed by atoms with Crippen LogP contribution in [0.3, 0.4) is 0 Å². The molecule has 0 aromatic carbocycles. The SMILES string of the molecule is CCCn1ncc(C(=O)O)c1CC. The van der Waals surface area contributed by atoms with Gasteiger partial charge in [0.05, 0.1) is 11.9 Å². The lowest BCUT2D eigenvalue weighted by Crippen LogP contribution is -2.07. The van der Waals surface area contributed by atoms with E-state index in [1.54, 1.807) is 4.68 Å². The van der Waals surface area contributed by atoms with Gasteiger partial charge in [-0.05, 0) is 12.8 Å². The highest BCUT2D eigenvalue weighted by Gasteiger charge is 2.13. The van der Waals surface area contributed by atoms with Crippen LogP contribution in [0.1, 0.15) is 36.3 Å². The number of aromatic nitrogens is 2. The van der Waals surface area contributed by atoms with Crippen molar-refractivity contribution in [1.82, 2.24) is 9.78 Å². The second-order valence-corrected chi connectivity index (χ2v) is 2.89. The molecule has 0 aliphatic heterocycles. The van der Waals surface area contributed by atoms with Gasteiger partial charge in [-0.15, -0.1) is 0 Å². The number of hydrogen-bond donors (Lipinski definition) is 1.